The van der Waals surface area contributed by atoms with Crippen molar-refractivity contribution in [2.75, 3.05) is 40.9 Å². The standard InChI is InChI=1S/C6H17N3/c1-8(2)4-5-9(3)6-7/h4-7H2,1-3H3. The van der Waals surface area contributed by atoms with Gasteiger partial charge in [-0.3, -0.25) is 4.90 Å². The first kappa shape index (κ1) is 8.88. The largest absolute Gasteiger partial charge is 0.318 e. The Morgan fingerprint density at radius 3 is 2.00 bits per heavy atom. The van der Waals surface area contributed by atoms with Gasteiger partial charge in [0.05, 0.1) is 0 Å². The Morgan fingerprint density at radius 1 is 1.11 bits per heavy atom. The number of hydrogen-bond donors (Lipinski definition) is 1. The second kappa shape index (κ2) is 4.73. The van der Waals surface area contributed by atoms with Gasteiger partial charge in [0.2, 0.25) is 0 Å². The minimum absolute atomic E-state index is 0.647. The zero-order valence-electron chi connectivity index (χ0n) is 6.59. The highest BCUT2D eigenvalue weighted by Crippen LogP contribution is 1.78. The van der Waals surface area contributed by atoms with Crippen LogP contribution in [-0.2, 0) is 0 Å². The van der Waals surface area contributed by atoms with Crippen LogP contribution in [0.4, 0.5) is 0 Å². The third-order valence-corrected chi connectivity index (χ3v) is 1.24. The van der Waals surface area contributed by atoms with Crippen molar-refractivity contribution in [1.82, 2.24) is 9.80 Å². The molecule has 0 aliphatic rings. The van der Waals surface area contributed by atoms with Gasteiger partial charge in [0.1, 0.15) is 0 Å². The van der Waals surface area contributed by atoms with Crippen molar-refractivity contribution in [2.24, 2.45) is 5.73 Å². The monoisotopic (exact) mass is 131 g/mol. The van der Waals surface area contributed by atoms with Crippen molar-refractivity contribution in [3.63, 3.8) is 0 Å². The van der Waals surface area contributed by atoms with Crippen molar-refractivity contribution in [1.29, 1.82) is 0 Å². The van der Waals surface area contributed by atoms with Gasteiger partial charge >= 0.3 is 0 Å². The van der Waals surface area contributed by atoms with Crippen LogP contribution < -0.4 is 5.73 Å². The van der Waals surface area contributed by atoms with Gasteiger partial charge in [-0.1, -0.05) is 0 Å². The molecule has 0 aromatic heterocycles. The molecule has 0 saturated heterocycles. The molecule has 0 aromatic rings. The zero-order valence-corrected chi connectivity index (χ0v) is 6.59. The number of nitrogens with two attached hydrogens (primary N) is 1. The van der Waals surface area contributed by atoms with Crippen LogP contribution in [0.15, 0.2) is 0 Å². The summed E-state index contributed by atoms with van der Waals surface area (Å²) in [5, 5.41) is 0. The number of nitrogens with zero attached hydrogens (tertiary/aromatic N) is 2. The maximum Gasteiger partial charge on any atom is 0.0452 e. The van der Waals surface area contributed by atoms with Crippen LogP contribution in [0.5, 0.6) is 0 Å². The number of likely N-dealkylation sites (N-methyl/N-ethyl adjacent to an activating group) is 2. The lowest BCUT2D eigenvalue weighted by Crippen LogP contribution is -2.32. The van der Waals surface area contributed by atoms with E-state index < -0.39 is 0 Å². The fourth-order valence-electron chi connectivity index (χ4n) is 0.462. The molecular weight excluding hydrogens is 114 g/mol. The van der Waals surface area contributed by atoms with E-state index in [0.717, 1.165) is 13.1 Å². The van der Waals surface area contributed by atoms with E-state index in [1.54, 1.807) is 0 Å². The van der Waals surface area contributed by atoms with E-state index in [0.29, 0.717) is 6.67 Å². The SMILES string of the molecule is CN(C)CCN(C)CN. The molecule has 0 unspecified atom stereocenters. The molecule has 56 valence electrons. The highest BCUT2D eigenvalue weighted by atomic mass is 15.2. The van der Waals surface area contributed by atoms with Crippen molar-refractivity contribution >= 4 is 0 Å². The predicted octanol–water partition coefficient (Wildman–Crippen LogP) is -0.604. The van der Waals surface area contributed by atoms with Crippen molar-refractivity contribution in [3.8, 4) is 0 Å². The smallest absolute Gasteiger partial charge is 0.0452 e. The normalized spacial score (nSPS) is 11.3. The molecule has 0 bridgehead atoms. The van der Waals surface area contributed by atoms with E-state index in [-0.39, 0.29) is 0 Å². The maximum atomic E-state index is 5.37. The lowest BCUT2D eigenvalue weighted by molar-refractivity contribution is 0.288. The minimum Gasteiger partial charge on any atom is -0.318 e. The summed E-state index contributed by atoms with van der Waals surface area (Å²) in [6.07, 6.45) is 0. The van der Waals surface area contributed by atoms with Gasteiger partial charge in [0.15, 0.2) is 0 Å². The average molecular weight is 131 g/mol. The summed E-state index contributed by atoms with van der Waals surface area (Å²) in [7, 11) is 6.14. The Bertz CT molecular complexity index is 63.3. The highest BCUT2D eigenvalue weighted by molar-refractivity contribution is 4.49. The summed E-state index contributed by atoms with van der Waals surface area (Å²) < 4.78 is 0. The summed E-state index contributed by atoms with van der Waals surface area (Å²) in [4.78, 5) is 4.23. The Morgan fingerprint density at radius 2 is 1.67 bits per heavy atom. The summed E-state index contributed by atoms with van der Waals surface area (Å²) in [6, 6.07) is 0. The van der Waals surface area contributed by atoms with Gasteiger partial charge in [-0.05, 0) is 21.1 Å². The molecule has 3 heteroatoms. The highest BCUT2D eigenvalue weighted by Gasteiger charge is 1.93. The Hall–Kier alpha value is -0.120. The minimum atomic E-state index is 0.647. The van der Waals surface area contributed by atoms with E-state index in [2.05, 4.69) is 23.9 Å². The molecule has 0 amide bonds. The van der Waals surface area contributed by atoms with E-state index in [1.807, 2.05) is 7.05 Å². The Kier molecular flexibility index (Phi) is 4.67. The number of hydrogen-bond acceptors (Lipinski definition) is 3. The van der Waals surface area contributed by atoms with Gasteiger partial charge in [-0.25, -0.2) is 0 Å². The van der Waals surface area contributed by atoms with Crippen LogP contribution in [-0.4, -0.2) is 50.7 Å². The predicted molar refractivity (Wildman–Crippen MR) is 40.2 cm³/mol. The Labute approximate surface area is 57.4 Å². The van der Waals surface area contributed by atoms with Crippen LogP contribution >= 0.6 is 0 Å². The third kappa shape index (κ3) is 5.76. The lowest BCUT2D eigenvalue weighted by atomic mass is 10.5. The van der Waals surface area contributed by atoms with Crippen molar-refractivity contribution in [2.45, 2.75) is 0 Å². The molecule has 0 fully saturated rings. The van der Waals surface area contributed by atoms with E-state index >= 15 is 0 Å². The van der Waals surface area contributed by atoms with Crippen LogP contribution in [0, 0.1) is 0 Å². The molecule has 0 heterocycles. The number of rotatable bonds is 4. The fraction of sp³-hybridized carbons (Fsp3) is 1.00. The second-order valence-corrected chi connectivity index (χ2v) is 2.57. The van der Waals surface area contributed by atoms with E-state index in [4.69, 9.17) is 5.73 Å². The zero-order chi connectivity index (χ0) is 7.28. The van der Waals surface area contributed by atoms with Crippen LogP contribution in [0.2, 0.25) is 0 Å². The molecule has 0 aliphatic carbocycles. The molecule has 0 aliphatic heterocycles. The summed E-state index contributed by atoms with van der Waals surface area (Å²) in [5.74, 6) is 0. The molecule has 0 aromatic carbocycles. The molecule has 0 saturated carbocycles. The molecule has 3 nitrogen and oxygen atoms in total. The van der Waals surface area contributed by atoms with Gasteiger partial charge < -0.3 is 10.6 Å². The molecule has 0 radical (unpaired) electrons. The molecule has 0 atom stereocenters. The van der Waals surface area contributed by atoms with Gasteiger partial charge in [0, 0.05) is 19.8 Å². The quantitative estimate of drug-likeness (QED) is 0.517. The van der Waals surface area contributed by atoms with Crippen molar-refractivity contribution in [3.05, 3.63) is 0 Å². The first-order valence-corrected chi connectivity index (χ1v) is 3.20. The van der Waals surface area contributed by atoms with Gasteiger partial charge in [-0.2, -0.15) is 0 Å². The van der Waals surface area contributed by atoms with E-state index in [9.17, 15) is 0 Å². The summed E-state index contributed by atoms with van der Waals surface area (Å²) in [5.41, 5.74) is 5.37. The first-order chi connectivity index (χ1) is 4.16. The maximum absolute atomic E-state index is 5.37. The summed E-state index contributed by atoms with van der Waals surface area (Å²) in [6.45, 7) is 2.77. The molecule has 9 heavy (non-hydrogen) atoms. The summed E-state index contributed by atoms with van der Waals surface area (Å²) >= 11 is 0. The first-order valence-electron chi connectivity index (χ1n) is 3.20. The molecule has 0 spiro atoms. The van der Waals surface area contributed by atoms with Crippen LogP contribution in [0.1, 0.15) is 0 Å². The average Bonchev–Trinajstić information content (AvgIpc) is 1.83. The fourth-order valence-corrected chi connectivity index (χ4v) is 0.462. The van der Waals surface area contributed by atoms with Crippen LogP contribution in [0.3, 0.4) is 0 Å². The molecule has 2 N–H and O–H groups in total. The second-order valence-electron chi connectivity index (χ2n) is 2.57. The molecule has 0 rings (SSSR count). The van der Waals surface area contributed by atoms with Gasteiger partial charge in [-0.15, -0.1) is 0 Å². The molecular formula is C6H17N3. The van der Waals surface area contributed by atoms with Gasteiger partial charge in [0.25, 0.3) is 0 Å². The topological polar surface area (TPSA) is 32.5 Å². The lowest BCUT2D eigenvalue weighted by Gasteiger charge is -2.16. The van der Waals surface area contributed by atoms with Crippen LogP contribution in [0.25, 0.3) is 0 Å². The Balaban J connectivity index is 3.06. The third-order valence-electron chi connectivity index (χ3n) is 1.24. The van der Waals surface area contributed by atoms with Crippen molar-refractivity contribution < 1.29 is 0 Å². The van der Waals surface area contributed by atoms with E-state index in [1.165, 1.54) is 0 Å².